The third-order valence-corrected chi connectivity index (χ3v) is 4.27. The van der Waals surface area contributed by atoms with Crippen molar-refractivity contribution >= 4 is 23.6 Å². The monoisotopic (exact) mass is 317 g/mol. The van der Waals surface area contributed by atoms with Crippen LogP contribution in [0.5, 0.6) is 5.75 Å². The predicted octanol–water partition coefficient (Wildman–Crippen LogP) is 1.25. The number of nitriles is 1. The third kappa shape index (κ3) is 3.40. The Balaban J connectivity index is 2.44. The van der Waals surface area contributed by atoms with Gasteiger partial charge in [0.15, 0.2) is 0 Å². The lowest BCUT2D eigenvalue weighted by Crippen LogP contribution is -2.31. The molecule has 1 aromatic rings. The van der Waals surface area contributed by atoms with Crippen LogP contribution in [0.2, 0.25) is 0 Å². The van der Waals surface area contributed by atoms with Crippen molar-refractivity contribution in [3.63, 3.8) is 0 Å². The van der Waals surface area contributed by atoms with Gasteiger partial charge in [-0.25, -0.2) is 0 Å². The number of carbonyl (C=O) groups is 2. The van der Waals surface area contributed by atoms with Crippen LogP contribution in [0.3, 0.4) is 0 Å². The maximum Gasteiger partial charge on any atom is 0.227 e. The van der Waals surface area contributed by atoms with Gasteiger partial charge in [0.1, 0.15) is 5.75 Å². The van der Waals surface area contributed by atoms with Gasteiger partial charge in [0.2, 0.25) is 11.8 Å². The van der Waals surface area contributed by atoms with Gasteiger partial charge in [-0.05, 0) is 6.07 Å². The van der Waals surface area contributed by atoms with Crippen LogP contribution in [0.25, 0.3) is 0 Å². The first kappa shape index (κ1) is 15.9. The molecule has 0 bridgehead atoms. The van der Waals surface area contributed by atoms with Crippen molar-refractivity contribution < 1.29 is 14.3 Å². The minimum atomic E-state index is -0.511. The molecule has 1 heterocycles. The van der Waals surface area contributed by atoms with Gasteiger partial charge in [-0.1, -0.05) is 30.0 Å². The predicted molar refractivity (Wildman–Crippen MR) is 82.8 cm³/mol. The fourth-order valence-electron chi connectivity index (χ4n) is 2.30. The standard InChI is InChI=1S/C15H15N3O3S/c1-21-12-5-3-2-4-9(12)10-6-14(20)18-15(11(10)7-16)22-8-13(17)19/h2-5,10H,6,8H2,1H3,(H2,17,19)(H,18,20). The smallest absolute Gasteiger partial charge is 0.227 e. The van der Waals surface area contributed by atoms with Crippen LogP contribution < -0.4 is 15.8 Å². The number of amides is 2. The summed E-state index contributed by atoms with van der Waals surface area (Å²) in [7, 11) is 1.54. The van der Waals surface area contributed by atoms with E-state index in [0.29, 0.717) is 16.4 Å². The van der Waals surface area contributed by atoms with Crippen LogP contribution in [0.15, 0.2) is 34.9 Å². The molecule has 2 rings (SSSR count). The molecule has 0 saturated heterocycles. The summed E-state index contributed by atoms with van der Waals surface area (Å²) in [5.74, 6) is -0.496. The van der Waals surface area contributed by atoms with Gasteiger partial charge in [0, 0.05) is 17.9 Å². The van der Waals surface area contributed by atoms with E-state index in [1.165, 1.54) is 0 Å². The van der Waals surface area contributed by atoms with Gasteiger partial charge >= 0.3 is 0 Å². The lowest BCUT2D eigenvalue weighted by molar-refractivity contribution is -0.121. The molecule has 7 heteroatoms. The summed E-state index contributed by atoms with van der Waals surface area (Å²) in [4.78, 5) is 22.9. The number of benzene rings is 1. The number of nitrogens with one attached hydrogen (secondary N) is 1. The first-order chi connectivity index (χ1) is 10.6. The highest BCUT2D eigenvalue weighted by atomic mass is 32.2. The summed E-state index contributed by atoms with van der Waals surface area (Å²) in [5, 5.41) is 12.5. The maximum absolute atomic E-state index is 11.9. The van der Waals surface area contributed by atoms with Crippen molar-refractivity contribution in [2.45, 2.75) is 12.3 Å². The molecule has 1 atom stereocenters. The SMILES string of the molecule is COc1ccccc1C1CC(=O)NC(SCC(N)=O)=C1C#N. The average molecular weight is 317 g/mol. The lowest BCUT2D eigenvalue weighted by atomic mass is 9.86. The van der Waals surface area contributed by atoms with Gasteiger partial charge in [0.25, 0.3) is 0 Å². The largest absolute Gasteiger partial charge is 0.496 e. The summed E-state index contributed by atoms with van der Waals surface area (Å²) >= 11 is 1.06. The molecule has 114 valence electrons. The zero-order valence-corrected chi connectivity index (χ0v) is 12.8. The maximum atomic E-state index is 11.9. The van der Waals surface area contributed by atoms with E-state index >= 15 is 0 Å². The minimum absolute atomic E-state index is 0.000558. The van der Waals surface area contributed by atoms with Crippen LogP contribution in [0.4, 0.5) is 0 Å². The topological polar surface area (TPSA) is 105 Å². The first-order valence-corrected chi connectivity index (χ1v) is 7.53. The number of rotatable bonds is 5. The van der Waals surface area contributed by atoms with Gasteiger partial charge < -0.3 is 15.8 Å². The van der Waals surface area contributed by atoms with Gasteiger partial charge in [0.05, 0.1) is 29.5 Å². The molecule has 22 heavy (non-hydrogen) atoms. The molecule has 0 aromatic heterocycles. The van der Waals surface area contributed by atoms with E-state index in [1.54, 1.807) is 13.2 Å². The number of thioether (sulfide) groups is 1. The Morgan fingerprint density at radius 2 is 2.27 bits per heavy atom. The number of para-hydroxylation sites is 1. The van der Waals surface area contributed by atoms with Gasteiger partial charge in [-0.2, -0.15) is 5.26 Å². The number of hydrogen-bond donors (Lipinski definition) is 2. The van der Waals surface area contributed by atoms with E-state index in [4.69, 9.17) is 10.5 Å². The molecular weight excluding hydrogens is 302 g/mol. The zero-order valence-electron chi connectivity index (χ0n) is 12.0. The number of methoxy groups -OCH3 is 1. The molecule has 0 aliphatic carbocycles. The normalized spacial score (nSPS) is 17.6. The summed E-state index contributed by atoms with van der Waals surface area (Å²) in [6, 6.07) is 9.40. The molecule has 3 N–H and O–H groups in total. The summed E-state index contributed by atoms with van der Waals surface area (Å²) in [6.45, 7) is 0. The Morgan fingerprint density at radius 1 is 1.55 bits per heavy atom. The number of hydrogen-bond acceptors (Lipinski definition) is 5. The number of nitrogens with two attached hydrogens (primary N) is 1. The van der Waals surface area contributed by atoms with E-state index in [-0.39, 0.29) is 18.1 Å². The highest BCUT2D eigenvalue weighted by molar-refractivity contribution is 8.03. The van der Waals surface area contributed by atoms with Crippen LogP contribution in [0.1, 0.15) is 17.9 Å². The van der Waals surface area contributed by atoms with E-state index < -0.39 is 11.8 Å². The lowest BCUT2D eigenvalue weighted by Gasteiger charge is -2.26. The van der Waals surface area contributed by atoms with Crippen LogP contribution in [-0.2, 0) is 9.59 Å². The molecule has 0 saturated carbocycles. The molecule has 0 radical (unpaired) electrons. The number of ether oxygens (including phenoxy) is 1. The second-order valence-electron chi connectivity index (χ2n) is 4.66. The zero-order chi connectivity index (χ0) is 16.1. The number of carbonyl (C=O) groups excluding carboxylic acids is 2. The molecule has 1 unspecified atom stereocenters. The summed E-state index contributed by atoms with van der Waals surface area (Å²) < 4.78 is 5.32. The Morgan fingerprint density at radius 3 is 2.91 bits per heavy atom. The molecule has 1 aliphatic rings. The van der Waals surface area contributed by atoms with Crippen molar-refractivity contribution in [1.29, 1.82) is 5.26 Å². The number of nitrogens with zero attached hydrogens (tertiary/aromatic N) is 1. The second kappa shape index (κ2) is 7.00. The van der Waals surface area contributed by atoms with E-state index in [1.807, 2.05) is 18.2 Å². The quantitative estimate of drug-likeness (QED) is 0.850. The van der Waals surface area contributed by atoms with Crippen LogP contribution in [-0.4, -0.2) is 24.7 Å². The molecule has 2 amide bonds. The Labute approximate surface area is 132 Å². The average Bonchev–Trinajstić information content (AvgIpc) is 2.52. The van der Waals surface area contributed by atoms with Crippen LogP contribution >= 0.6 is 11.8 Å². The van der Waals surface area contributed by atoms with E-state index in [2.05, 4.69) is 11.4 Å². The van der Waals surface area contributed by atoms with Gasteiger partial charge in [-0.15, -0.1) is 0 Å². The molecule has 6 nitrogen and oxygen atoms in total. The van der Waals surface area contributed by atoms with E-state index in [9.17, 15) is 14.9 Å². The molecule has 1 aliphatic heterocycles. The fraction of sp³-hybridized carbons (Fsp3) is 0.267. The van der Waals surface area contributed by atoms with Crippen molar-refractivity contribution in [2.75, 3.05) is 12.9 Å². The summed E-state index contributed by atoms with van der Waals surface area (Å²) in [6.07, 6.45) is 0.157. The number of allylic oxidation sites excluding steroid dienone is 1. The number of primary amides is 1. The fourth-order valence-corrected chi connectivity index (χ4v) is 3.11. The third-order valence-electron chi connectivity index (χ3n) is 3.23. The van der Waals surface area contributed by atoms with Gasteiger partial charge in [-0.3, -0.25) is 9.59 Å². The first-order valence-electron chi connectivity index (χ1n) is 6.55. The van der Waals surface area contributed by atoms with Crippen molar-refractivity contribution in [1.82, 2.24) is 5.32 Å². The summed E-state index contributed by atoms with van der Waals surface area (Å²) in [5.41, 5.74) is 6.31. The van der Waals surface area contributed by atoms with E-state index in [0.717, 1.165) is 17.3 Å². The Bertz CT molecular complexity index is 679. The second-order valence-corrected chi connectivity index (χ2v) is 5.64. The molecule has 1 aromatic carbocycles. The highest BCUT2D eigenvalue weighted by Crippen LogP contribution is 2.39. The van der Waals surface area contributed by atoms with Crippen LogP contribution in [0, 0.1) is 11.3 Å². The van der Waals surface area contributed by atoms with Crippen molar-refractivity contribution in [3.8, 4) is 11.8 Å². The molecule has 0 fully saturated rings. The van der Waals surface area contributed by atoms with Crippen molar-refractivity contribution in [3.05, 3.63) is 40.4 Å². The molecule has 0 spiro atoms. The Kier molecular flexibility index (Phi) is 5.07. The Hall–Kier alpha value is -2.46. The minimum Gasteiger partial charge on any atom is -0.496 e. The van der Waals surface area contributed by atoms with Crippen molar-refractivity contribution in [2.24, 2.45) is 5.73 Å². The highest BCUT2D eigenvalue weighted by Gasteiger charge is 2.31. The molecular formula is C15H15N3O3S.